The third-order valence-electron chi connectivity index (χ3n) is 5.99. The summed E-state index contributed by atoms with van der Waals surface area (Å²) in [7, 11) is 0. The van der Waals surface area contributed by atoms with Crippen molar-refractivity contribution in [2.45, 2.75) is 18.2 Å². The molecule has 1 aliphatic carbocycles. The van der Waals surface area contributed by atoms with Crippen LogP contribution in [-0.4, -0.2) is 35.0 Å². The van der Waals surface area contributed by atoms with E-state index in [1.54, 1.807) is 24.3 Å². The molecule has 11 heteroatoms. The molecule has 1 heterocycles. The maximum absolute atomic E-state index is 14.5. The summed E-state index contributed by atoms with van der Waals surface area (Å²) in [6.45, 7) is 0.302. The molecule has 0 radical (unpaired) electrons. The Morgan fingerprint density at radius 2 is 1.66 bits per heavy atom. The first kappa shape index (κ1) is 25.8. The Kier molecular flexibility index (Phi) is 7.37. The van der Waals surface area contributed by atoms with Gasteiger partial charge in [0.2, 0.25) is 0 Å². The van der Waals surface area contributed by atoms with Gasteiger partial charge in [0.1, 0.15) is 45.0 Å². The summed E-state index contributed by atoms with van der Waals surface area (Å²) in [6.07, 6.45) is 2.16. The SMILES string of the molecule is O=C(COc1ccccc1C1SC(c2ccc(F)cc2)=NN1C(=O)c1c(F)cc(F)cc1F)NCC1CC1. The van der Waals surface area contributed by atoms with E-state index in [0.717, 1.165) is 29.6 Å². The van der Waals surface area contributed by atoms with Gasteiger partial charge in [-0.3, -0.25) is 9.59 Å². The molecule has 1 unspecified atom stereocenters. The summed E-state index contributed by atoms with van der Waals surface area (Å²) < 4.78 is 61.8. The number of carbonyl (C=O) groups excluding carboxylic acids is 2. The molecule has 0 bridgehead atoms. The third-order valence-corrected chi connectivity index (χ3v) is 7.21. The Morgan fingerprint density at radius 3 is 2.34 bits per heavy atom. The lowest BCUT2D eigenvalue weighted by molar-refractivity contribution is -0.123. The van der Waals surface area contributed by atoms with E-state index in [1.807, 2.05) is 0 Å². The molecular formula is C27H21F4N3O3S. The van der Waals surface area contributed by atoms with Gasteiger partial charge in [0.05, 0.1) is 0 Å². The van der Waals surface area contributed by atoms with Gasteiger partial charge in [-0.25, -0.2) is 22.6 Å². The Balaban J connectivity index is 1.46. The Bertz CT molecular complexity index is 1390. The Labute approximate surface area is 219 Å². The highest BCUT2D eigenvalue weighted by molar-refractivity contribution is 8.14. The van der Waals surface area contributed by atoms with Gasteiger partial charge in [-0.1, -0.05) is 30.0 Å². The number of hydrogen-bond acceptors (Lipinski definition) is 5. The quantitative estimate of drug-likeness (QED) is 0.387. The van der Waals surface area contributed by atoms with E-state index in [4.69, 9.17) is 4.74 Å². The number of ether oxygens (including phenoxy) is 1. The Morgan fingerprint density at radius 1 is 0.974 bits per heavy atom. The van der Waals surface area contributed by atoms with Crippen molar-refractivity contribution in [1.82, 2.24) is 10.3 Å². The molecule has 6 nitrogen and oxygen atoms in total. The number of thioether (sulfide) groups is 1. The number of amides is 2. The molecule has 1 atom stereocenters. The van der Waals surface area contributed by atoms with Crippen molar-refractivity contribution in [1.29, 1.82) is 0 Å². The number of hydrogen-bond donors (Lipinski definition) is 1. The number of nitrogens with one attached hydrogen (secondary N) is 1. The van der Waals surface area contributed by atoms with Crippen molar-refractivity contribution in [2.24, 2.45) is 11.0 Å². The zero-order valence-corrected chi connectivity index (χ0v) is 20.6. The molecule has 2 aliphatic rings. The first-order valence-electron chi connectivity index (χ1n) is 11.8. The predicted octanol–water partition coefficient (Wildman–Crippen LogP) is 5.40. The standard InChI is InChI=1S/C27H21F4N3O3S/c28-17-9-7-16(8-10-17)25-33-34(26(36)24-20(30)11-18(29)12-21(24)31)27(38-25)19-3-1-2-4-22(19)37-14-23(35)32-13-15-5-6-15/h1-4,7-12,15,27H,5-6,13-14H2,(H,32,35). The van der Waals surface area contributed by atoms with Crippen LogP contribution in [0.5, 0.6) is 5.75 Å². The average Bonchev–Trinajstić information content (AvgIpc) is 3.62. The monoisotopic (exact) mass is 543 g/mol. The smallest absolute Gasteiger partial charge is 0.281 e. The molecule has 3 aromatic carbocycles. The van der Waals surface area contributed by atoms with E-state index in [1.165, 1.54) is 24.3 Å². The maximum atomic E-state index is 14.5. The van der Waals surface area contributed by atoms with Crippen LogP contribution in [-0.2, 0) is 4.79 Å². The first-order valence-corrected chi connectivity index (χ1v) is 12.7. The van der Waals surface area contributed by atoms with Gasteiger partial charge in [0.15, 0.2) is 6.61 Å². The maximum Gasteiger partial charge on any atom is 0.281 e. The second-order valence-corrected chi connectivity index (χ2v) is 9.92. The second kappa shape index (κ2) is 10.9. The van der Waals surface area contributed by atoms with Crippen LogP contribution in [0.4, 0.5) is 17.6 Å². The van der Waals surface area contributed by atoms with E-state index < -0.39 is 40.1 Å². The van der Waals surface area contributed by atoms with E-state index in [2.05, 4.69) is 10.4 Å². The summed E-state index contributed by atoms with van der Waals surface area (Å²) in [5.41, 5.74) is -0.0989. The topological polar surface area (TPSA) is 71.0 Å². The van der Waals surface area contributed by atoms with Crippen molar-refractivity contribution >= 4 is 28.6 Å². The molecule has 0 spiro atoms. The van der Waals surface area contributed by atoms with Gasteiger partial charge in [0.25, 0.3) is 11.8 Å². The first-order chi connectivity index (χ1) is 18.3. The van der Waals surface area contributed by atoms with Gasteiger partial charge in [0, 0.05) is 29.8 Å². The minimum atomic E-state index is -1.38. The van der Waals surface area contributed by atoms with Gasteiger partial charge in [-0.05, 0) is 49.1 Å². The average molecular weight is 544 g/mol. The minimum absolute atomic E-state index is 0.264. The molecule has 1 aliphatic heterocycles. The van der Waals surface area contributed by atoms with Crippen molar-refractivity contribution in [3.05, 3.63) is 101 Å². The van der Waals surface area contributed by atoms with Crippen LogP contribution in [0.25, 0.3) is 0 Å². The van der Waals surface area contributed by atoms with E-state index in [9.17, 15) is 27.2 Å². The normalized spacial score (nSPS) is 16.8. The van der Waals surface area contributed by atoms with Crippen LogP contribution in [0.2, 0.25) is 0 Å². The molecule has 1 N–H and O–H groups in total. The zero-order chi connectivity index (χ0) is 26.8. The van der Waals surface area contributed by atoms with Crippen molar-refractivity contribution in [3.63, 3.8) is 0 Å². The van der Waals surface area contributed by atoms with Crippen molar-refractivity contribution < 1.29 is 31.9 Å². The molecule has 196 valence electrons. The summed E-state index contributed by atoms with van der Waals surface area (Å²) in [5.74, 6) is -5.09. The Hall–Kier alpha value is -3.86. The highest BCUT2D eigenvalue weighted by Crippen LogP contribution is 2.45. The number of para-hydroxylation sites is 1. The number of benzene rings is 3. The lowest BCUT2D eigenvalue weighted by Gasteiger charge is -2.23. The number of rotatable bonds is 8. The van der Waals surface area contributed by atoms with Crippen LogP contribution < -0.4 is 10.1 Å². The lowest BCUT2D eigenvalue weighted by Crippen LogP contribution is -2.31. The van der Waals surface area contributed by atoms with Crippen LogP contribution >= 0.6 is 11.8 Å². The minimum Gasteiger partial charge on any atom is -0.483 e. The summed E-state index contributed by atoms with van der Waals surface area (Å²) in [6, 6.07) is 12.8. The van der Waals surface area contributed by atoms with E-state index >= 15 is 0 Å². The molecular weight excluding hydrogens is 522 g/mol. The fourth-order valence-corrected chi connectivity index (χ4v) is 5.03. The van der Waals surface area contributed by atoms with Gasteiger partial charge >= 0.3 is 0 Å². The van der Waals surface area contributed by atoms with Crippen LogP contribution in [0, 0.1) is 29.2 Å². The van der Waals surface area contributed by atoms with E-state index in [0.29, 0.717) is 35.7 Å². The number of hydrazone groups is 1. The molecule has 0 aromatic heterocycles. The molecule has 1 saturated carbocycles. The summed E-state index contributed by atoms with van der Waals surface area (Å²) in [4.78, 5) is 25.6. The van der Waals surface area contributed by atoms with Gasteiger partial charge < -0.3 is 10.1 Å². The number of carbonyl (C=O) groups is 2. The largest absolute Gasteiger partial charge is 0.483 e. The molecule has 1 fully saturated rings. The molecule has 0 saturated heterocycles. The van der Waals surface area contributed by atoms with Crippen LogP contribution in [0.3, 0.4) is 0 Å². The predicted molar refractivity (Wildman–Crippen MR) is 133 cm³/mol. The van der Waals surface area contributed by atoms with Crippen LogP contribution in [0.1, 0.15) is 39.7 Å². The van der Waals surface area contributed by atoms with Gasteiger partial charge in [-0.2, -0.15) is 5.10 Å². The number of nitrogens with zero attached hydrogens (tertiary/aromatic N) is 2. The summed E-state index contributed by atoms with van der Waals surface area (Å²) >= 11 is 1.07. The highest BCUT2D eigenvalue weighted by atomic mass is 32.2. The van der Waals surface area contributed by atoms with Crippen molar-refractivity contribution in [2.75, 3.05) is 13.2 Å². The number of halogens is 4. The summed E-state index contributed by atoms with van der Waals surface area (Å²) in [5, 5.41) is 7.29. The van der Waals surface area contributed by atoms with Crippen molar-refractivity contribution in [3.8, 4) is 5.75 Å². The third kappa shape index (κ3) is 5.67. The van der Waals surface area contributed by atoms with E-state index in [-0.39, 0.29) is 23.3 Å². The second-order valence-electron chi connectivity index (χ2n) is 8.85. The fraction of sp³-hybridized carbons (Fsp3) is 0.222. The lowest BCUT2D eigenvalue weighted by atomic mass is 10.1. The fourth-order valence-electron chi connectivity index (χ4n) is 3.85. The highest BCUT2D eigenvalue weighted by Gasteiger charge is 2.38. The van der Waals surface area contributed by atoms with Gasteiger partial charge in [-0.15, -0.1) is 0 Å². The zero-order valence-electron chi connectivity index (χ0n) is 19.8. The molecule has 38 heavy (non-hydrogen) atoms. The molecule has 5 rings (SSSR count). The molecule has 2 amide bonds. The molecule has 3 aromatic rings. The van der Waals surface area contributed by atoms with Crippen LogP contribution in [0.15, 0.2) is 65.8 Å².